The van der Waals surface area contributed by atoms with Gasteiger partial charge in [0.25, 0.3) is 0 Å². The van der Waals surface area contributed by atoms with Gasteiger partial charge in [-0.25, -0.2) is 15.0 Å². The van der Waals surface area contributed by atoms with Gasteiger partial charge in [-0.05, 0) is 74.6 Å². The normalized spacial score (nSPS) is 25.9. The van der Waals surface area contributed by atoms with E-state index in [0.29, 0.717) is 35.4 Å². The number of allylic oxidation sites excluding steroid dienone is 1. The van der Waals surface area contributed by atoms with Gasteiger partial charge >= 0.3 is 0 Å². The van der Waals surface area contributed by atoms with Crippen LogP contribution in [0.15, 0.2) is 37.3 Å². The number of aliphatic hydroxyl groups is 2. The van der Waals surface area contributed by atoms with Gasteiger partial charge in [-0.3, -0.25) is 4.90 Å². The van der Waals surface area contributed by atoms with E-state index in [2.05, 4.69) is 79.2 Å². The summed E-state index contributed by atoms with van der Waals surface area (Å²) in [5.74, 6) is 2.03. The molecule has 4 atom stereocenters. The minimum atomic E-state index is -1.11. The van der Waals surface area contributed by atoms with Crippen LogP contribution in [-0.4, -0.2) is 76.6 Å². The van der Waals surface area contributed by atoms with Crippen molar-refractivity contribution in [3.8, 4) is 0 Å². The second-order valence-corrected chi connectivity index (χ2v) is 14.2. The number of hydrogen-bond donors (Lipinski definition) is 4. The van der Waals surface area contributed by atoms with Crippen molar-refractivity contribution in [3.05, 3.63) is 54.3 Å². The zero-order chi connectivity index (χ0) is 31.5. The molecule has 1 aliphatic carbocycles. The van der Waals surface area contributed by atoms with Gasteiger partial charge in [0.1, 0.15) is 41.9 Å². The Morgan fingerprint density at radius 2 is 1.95 bits per heavy atom. The summed E-state index contributed by atoms with van der Waals surface area (Å²) in [5.41, 5.74) is 11.9. The molecule has 2 fully saturated rings. The van der Waals surface area contributed by atoms with Crippen LogP contribution >= 0.6 is 0 Å². The molecule has 1 aliphatic heterocycles. The minimum Gasteiger partial charge on any atom is -0.387 e. The number of anilines is 1. The Bertz CT molecular complexity index is 1660. The molecule has 2 aliphatic rings. The number of H-pyrrole nitrogens is 1. The molecule has 6 rings (SSSR count). The SMILES string of the molecule is C=C(C)c1cn([C@@H]2O[C@H](CN(C(C)C)C3CC(CCc4nc5ccc(C(C)(C)C)cc5[nH]4)C3)[C@@H](O)[C@H]2O)c2ncnc(N)c12. The van der Waals surface area contributed by atoms with E-state index in [0.717, 1.165) is 53.7 Å². The summed E-state index contributed by atoms with van der Waals surface area (Å²) in [6.07, 6.45) is 3.96. The van der Waals surface area contributed by atoms with Crippen molar-refractivity contribution < 1.29 is 14.9 Å². The lowest BCUT2D eigenvalue weighted by Crippen LogP contribution is -2.52. The van der Waals surface area contributed by atoms with Crippen LogP contribution in [0.2, 0.25) is 0 Å². The van der Waals surface area contributed by atoms with Crippen LogP contribution in [0.25, 0.3) is 27.6 Å². The van der Waals surface area contributed by atoms with Crippen molar-refractivity contribution >= 4 is 33.5 Å². The first-order valence-corrected chi connectivity index (χ1v) is 15.8. The predicted octanol–water partition coefficient (Wildman–Crippen LogP) is 4.96. The highest BCUT2D eigenvalue weighted by Gasteiger charge is 2.46. The van der Waals surface area contributed by atoms with Gasteiger partial charge in [-0.1, -0.05) is 33.4 Å². The van der Waals surface area contributed by atoms with Crippen LogP contribution in [0.4, 0.5) is 5.82 Å². The number of fused-ring (bicyclic) bond motifs is 2. The second kappa shape index (κ2) is 11.6. The number of rotatable bonds is 9. The lowest BCUT2D eigenvalue weighted by atomic mass is 9.76. The first kappa shape index (κ1) is 30.7. The van der Waals surface area contributed by atoms with Crippen LogP contribution in [0.3, 0.4) is 0 Å². The van der Waals surface area contributed by atoms with Gasteiger partial charge in [-0.15, -0.1) is 0 Å². The fourth-order valence-electron chi connectivity index (χ4n) is 6.92. The van der Waals surface area contributed by atoms with Crippen molar-refractivity contribution in [3.63, 3.8) is 0 Å². The molecule has 236 valence electrons. The third-order valence-corrected chi connectivity index (χ3v) is 9.63. The summed E-state index contributed by atoms with van der Waals surface area (Å²) < 4.78 is 8.14. The van der Waals surface area contributed by atoms with E-state index in [4.69, 9.17) is 15.5 Å². The Hall–Kier alpha value is -3.31. The molecule has 4 heterocycles. The van der Waals surface area contributed by atoms with Crippen LogP contribution in [-0.2, 0) is 16.6 Å². The maximum Gasteiger partial charge on any atom is 0.164 e. The maximum atomic E-state index is 11.1. The second-order valence-electron chi connectivity index (χ2n) is 14.2. The zero-order valence-electron chi connectivity index (χ0n) is 26.8. The number of nitrogens with one attached hydrogen (secondary N) is 1. The fraction of sp³-hybridized carbons (Fsp3) is 0.559. The number of nitrogens with two attached hydrogens (primary N) is 1. The molecular formula is C34H47N7O3. The maximum absolute atomic E-state index is 11.1. The molecule has 1 saturated heterocycles. The minimum absolute atomic E-state index is 0.107. The molecule has 4 aromatic rings. The third-order valence-electron chi connectivity index (χ3n) is 9.63. The molecule has 0 bridgehead atoms. The predicted molar refractivity (Wildman–Crippen MR) is 174 cm³/mol. The largest absolute Gasteiger partial charge is 0.387 e. The van der Waals surface area contributed by atoms with E-state index in [1.165, 1.54) is 11.9 Å². The van der Waals surface area contributed by atoms with E-state index < -0.39 is 24.5 Å². The van der Waals surface area contributed by atoms with Crippen molar-refractivity contribution in [2.24, 2.45) is 5.92 Å². The number of aromatic amines is 1. The number of aliphatic hydroxyl groups excluding tert-OH is 2. The molecule has 1 saturated carbocycles. The summed E-state index contributed by atoms with van der Waals surface area (Å²) in [4.78, 5) is 19.4. The summed E-state index contributed by atoms with van der Waals surface area (Å²) in [5, 5.41) is 22.9. The van der Waals surface area contributed by atoms with Gasteiger partial charge in [0.2, 0.25) is 0 Å². The third kappa shape index (κ3) is 5.64. The summed E-state index contributed by atoms with van der Waals surface area (Å²) in [6.45, 7) is 17.5. The average molecular weight is 602 g/mol. The van der Waals surface area contributed by atoms with E-state index in [9.17, 15) is 10.2 Å². The number of nitrogen functional groups attached to an aromatic ring is 1. The van der Waals surface area contributed by atoms with Crippen molar-refractivity contribution in [1.29, 1.82) is 0 Å². The Morgan fingerprint density at radius 1 is 1.20 bits per heavy atom. The molecule has 10 heteroatoms. The number of nitrogens with zero attached hydrogens (tertiary/aromatic N) is 5. The quantitative estimate of drug-likeness (QED) is 0.211. The van der Waals surface area contributed by atoms with Crippen LogP contribution in [0.1, 0.15) is 84.0 Å². The van der Waals surface area contributed by atoms with Crippen LogP contribution in [0.5, 0.6) is 0 Å². The van der Waals surface area contributed by atoms with Gasteiger partial charge in [0.15, 0.2) is 6.23 Å². The van der Waals surface area contributed by atoms with Gasteiger partial charge < -0.3 is 30.2 Å². The van der Waals surface area contributed by atoms with Gasteiger partial charge in [0, 0.05) is 36.8 Å². The number of aromatic nitrogens is 5. The summed E-state index contributed by atoms with van der Waals surface area (Å²) in [6, 6.07) is 7.22. The highest BCUT2D eigenvalue weighted by molar-refractivity contribution is 5.97. The molecule has 0 unspecified atom stereocenters. The molecule has 10 nitrogen and oxygen atoms in total. The number of hydrogen-bond acceptors (Lipinski definition) is 8. The van der Waals surface area contributed by atoms with Crippen molar-refractivity contribution in [2.75, 3.05) is 12.3 Å². The van der Waals surface area contributed by atoms with E-state index in [1.807, 2.05) is 13.1 Å². The molecule has 1 aromatic carbocycles. The number of aryl methyl sites for hydroxylation is 1. The summed E-state index contributed by atoms with van der Waals surface area (Å²) in [7, 11) is 0. The van der Waals surface area contributed by atoms with E-state index in [-0.39, 0.29) is 11.5 Å². The Kier molecular flexibility index (Phi) is 8.07. The fourth-order valence-corrected chi connectivity index (χ4v) is 6.92. The smallest absolute Gasteiger partial charge is 0.164 e. The highest BCUT2D eigenvalue weighted by Crippen LogP contribution is 2.40. The molecule has 0 amide bonds. The van der Waals surface area contributed by atoms with Gasteiger partial charge in [0.05, 0.1) is 16.4 Å². The van der Waals surface area contributed by atoms with Gasteiger partial charge in [-0.2, -0.15) is 0 Å². The van der Waals surface area contributed by atoms with Crippen LogP contribution < -0.4 is 5.73 Å². The molecule has 44 heavy (non-hydrogen) atoms. The topological polar surface area (TPSA) is 138 Å². The van der Waals surface area contributed by atoms with Crippen molar-refractivity contribution in [1.82, 2.24) is 29.4 Å². The molecule has 3 aromatic heterocycles. The molecule has 5 N–H and O–H groups in total. The number of ether oxygens (including phenoxy) is 1. The first-order chi connectivity index (χ1) is 20.8. The van der Waals surface area contributed by atoms with Crippen LogP contribution in [0, 0.1) is 5.92 Å². The zero-order valence-corrected chi connectivity index (χ0v) is 26.8. The lowest BCUT2D eigenvalue weighted by Gasteiger charge is -2.46. The summed E-state index contributed by atoms with van der Waals surface area (Å²) >= 11 is 0. The Balaban J connectivity index is 1.09. The standard InChI is InChI=1S/C34H47N7O3/c1-18(2)23-15-41(32-28(23)31(35)36-17-37-32)33-30(43)29(42)26(44-33)16-40(19(3)4)22-12-20(13-22)8-11-27-38-24-10-9-21(34(5,6)7)14-25(24)39-27/h9-10,14-15,17,19-20,22,26,29-30,33,42-43H,1,8,11-13,16H2,2-7H3,(H,38,39)(H2,35,36,37)/t20?,22?,26-,29-,30-,33-/m1/s1. The highest BCUT2D eigenvalue weighted by atomic mass is 16.6. The number of imidazole rings is 1. The average Bonchev–Trinajstić information content (AvgIpc) is 3.60. The first-order valence-electron chi connectivity index (χ1n) is 15.8. The monoisotopic (exact) mass is 601 g/mol. The van der Waals surface area contributed by atoms with E-state index in [1.54, 1.807) is 4.57 Å². The molecule has 0 radical (unpaired) electrons. The lowest BCUT2D eigenvalue weighted by molar-refractivity contribution is -0.0618. The van der Waals surface area contributed by atoms with Crippen molar-refractivity contribution in [2.45, 2.75) is 109 Å². The molecule has 0 spiro atoms. The molecular weight excluding hydrogens is 554 g/mol. The van der Waals surface area contributed by atoms with E-state index >= 15 is 0 Å². The Morgan fingerprint density at radius 3 is 2.64 bits per heavy atom. The Labute approximate surface area is 259 Å². The number of benzene rings is 1.